The molecule has 2 fully saturated rings. The predicted octanol–water partition coefficient (Wildman–Crippen LogP) is 2.29. The van der Waals surface area contributed by atoms with Crippen molar-refractivity contribution in [1.29, 1.82) is 0 Å². The number of rotatable bonds is 5. The molecule has 0 bridgehead atoms. The highest BCUT2D eigenvalue weighted by Gasteiger charge is 2.24. The van der Waals surface area contributed by atoms with Crippen LogP contribution >= 0.6 is 0 Å². The van der Waals surface area contributed by atoms with E-state index in [9.17, 15) is 4.79 Å². The predicted molar refractivity (Wildman–Crippen MR) is 93.0 cm³/mol. The zero-order chi connectivity index (χ0) is 16.1. The van der Waals surface area contributed by atoms with Gasteiger partial charge in [0.15, 0.2) is 0 Å². The maximum absolute atomic E-state index is 12.4. The lowest BCUT2D eigenvalue weighted by atomic mass is 9.92. The minimum atomic E-state index is 0.164. The molecular weight excluding hydrogens is 286 g/mol. The molecule has 0 spiro atoms. The van der Waals surface area contributed by atoms with Crippen LogP contribution in [0.2, 0.25) is 0 Å². The molecule has 2 atom stereocenters. The van der Waals surface area contributed by atoms with Crippen molar-refractivity contribution >= 4 is 5.91 Å². The van der Waals surface area contributed by atoms with E-state index < -0.39 is 0 Å². The van der Waals surface area contributed by atoms with E-state index in [2.05, 4.69) is 46.7 Å². The van der Waals surface area contributed by atoms with Crippen LogP contribution in [0.3, 0.4) is 0 Å². The molecule has 0 aromatic heterocycles. The SMILES string of the molecule is C[C@H]1C[C@@H](C(=O)NCc2ccccc2CN2CCCC2)CCN1. The van der Waals surface area contributed by atoms with E-state index in [1.807, 2.05) is 0 Å². The number of piperidine rings is 1. The van der Waals surface area contributed by atoms with Gasteiger partial charge in [-0.15, -0.1) is 0 Å². The van der Waals surface area contributed by atoms with E-state index in [4.69, 9.17) is 0 Å². The van der Waals surface area contributed by atoms with Crippen molar-refractivity contribution in [3.8, 4) is 0 Å². The van der Waals surface area contributed by atoms with Gasteiger partial charge in [0, 0.05) is 25.0 Å². The highest BCUT2D eigenvalue weighted by Crippen LogP contribution is 2.18. The summed E-state index contributed by atoms with van der Waals surface area (Å²) in [4.78, 5) is 14.9. The van der Waals surface area contributed by atoms with Crippen LogP contribution in [0.4, 0.5) is 0 Å². The molecule has 23 heavy (non-hydrogen) atoms. The van der Waals surface area contributed by atoms with E-state index in [1.54, 1.807) is 0 Å². The van der Waals surface area contributed by atoms with Crippen LogP contribution in [-0.2, 0) is 17.9 Å². The third-order valence-electron chi connectivity index (χ3n) is 5.16. The van der Waals surface area contributed by atoms with Gasteiger partial charge >= 0.3 is 0 Å². The maximum atomic E-state index is 12.4. The highest BCUT2D eigenvalue weighted by molar-refractivity contribution is 5.78. The quantitative estimate of drug-likeness (QED) is 0.876. The van der Waals surface area contributed by atoms with Crippen LogP contribution in [0.25, 0.3) is 0 Å². The Morgan fingerprint density at radius 2 is 2.00 bits per heavy atom. The topological polar surface area (TPSA) is 44.4 Å². The highest BCUT2D eigenvalue weighted by atomic mass is 16.1. The Morgan fingerprint density at radius 3 is 2.74 bits per heavy atom. The van der Waals surface area contributed by atoms with Crippen molar-refractivity contribution in [3.05, 3.63) is 35.4 Å². The molecule has 0 unspecified atom stereocenters. The fraction of sp³-hybridized carbons (Fsp3) is 0.632. The molecule has 126 valence electrons. The van der Waals surface area contributed by atoms with Gasteiger partial charge in [-0.3, -0.25) is 9.69 Å². The molecule has 2 N–H and O–H groups in total. The smallest absolute Gasteiger partial charge is 0.223 e. The zero-order valence-electron chi connectivity index (χ0n) is 14.2. The van der Waals surface area contributed by atoms with Crippen LogP contribution < -0.4 is 10.6 Å². The fourth-order valence-electron chi connectivity index (χ4n) is 3.76. The summed E-state index contributed by atoms with van der Waals surface area (Å²) in [5, 5.41) is 6.57. The van der Waals surface area contributed by atoms with Gasteiger partial charge < -0.3 is 10.6 Å². The van der Waals surface area contributed by atoms with Gasteiger partial charge in [-0.2, -0.15) is 0 Å². The van der Waals surface area contributed by atoms with Crippen molar-refractivity contribution in [2.45, 2.75) is 51.7 Å². The van der Waals surface area contributed by atoms with Gasteiger partial charge in [0.1, 0.15) is 0 Å². The second kappa shape index (κ2) is 7.93. The second-order valence-corrected chi connectivity index (χ2v) is 7.05. The number of nitrogens with zero attached hydrogens (tertiary/aromatic N) is 1. The Kier molecular flexibility index (Phi) is 5.68. The van der Waals surface area contributed by atoms with E-state index in [0.29, 0.717) is 12.6 Å². The summed E-state index contributed by atoms with van der Waals surface area (Å²) in [5.74, 6) is 0.381. The van der Waals surface area contributed by atoms with Crippen LogP contribution in [0, 0.1) is 5.92 Å². The van der Waals surface area contributed by atoms with Gasteiger partial charge in [-0.05, 0) is 63.4 Å². The molecule has 0 radical (unpaired) electrons. The molecular formula is C19H29N3O. The van der Waals surface area contributed by atoms with Crippen molar-refractivity contribution in [2.75, 3.05) is 19.6 Å². The van der Waals surface area contributed by atoms with Crippen LogP contribution in [0.15, 0.2) is 24.3 Å². The first-order chi connectivity index (χ1) is 11.2. The lowest BCUT2D eigenvalue weighted by molar-refractivity contribution is -0.126. The maximum Gasteiger partial charge on any atom is 0.223 e. The standard InChI is InChI=1S/C19H29N3O/c1-15-12-16(8-9-20-15)19(23)21-13-17-6-2-3-7-18(17)14-22-10-4-5-11-22/h2-3,6-7,15-16,20H,4-5,8-14H2,1H3,(H,21,23)/t15-,16-/m0/s1. The van der Waals surface area contributed by atoms with Crippen molar-refractivity contribution in [2.24, 2.45) is 5.92 Å². The Bertz CT molecular complexity index is 525. The zero-order valence-corrected chi connectivity index (χ0v) is 14.2. The van der Waals surface area contributed by atoms with Crippen molar-refractivity contribution in [1.82, 2.24) is 15.5 Å². The number of amides is 1. The van der Waals surface area contributed by atoms with Crippen LogP contribution in [0.5, 0.6) is 0 Å². The molecule has 3 rings (SSSR count). The summed E-state index contributed by atoms with van der Waals surface area (Å²) in [6.07, 6.45) is 4.52. The molecule has 0 aliphatic carbocycles. The average Bonchev–Trinajstić information content (AvgIpc) is 3.07. The van der Waals surface area contributed by atoms with Gasteiger partial charge in [0.05, 0.1) is 0 Å². The van der Waals surface area contributed by atoms with Crippen molar-refractivity contribution in [3.63, 3.8) is 0 Å². The molecule has 2 saturated heterocycles. The first-order valence-electron chi connectivity index (χ1n) is 9.02. The monoisotopic (exact) mass is 315 g/mol. The summed E-state index contributed by atoms with van der Waals surface area (Å²) >= 11 is 0. The van der Waals surface area contributed by atoms with E-state index in [-0.39, 0.29) is 11.8 Å². The summed E-state index contributed by atoms with van der Waals surface area (Å²) in [6, 6.07) is 8.97. The van der Waals surface area contributed by atoms with Gasteiger partial charge in [-0.1, -0.05) is 24.3 Å². The lowest BCUT2D eigenvalue weighted by Gasteiger charge is -2.27. The lowest BCUT2D eigenvalue weighted by Crippen LogP contribution is -2.42. The first-order valence-corrected chi connectivity index (χ1v) is 9.02. The Hall–Kier alpha value is -1.39. The number of hydrogen-bond acceptors (Lipinski definition) is 3. The largest absolute Gasteiger partial charge is 0.352 e. The van der Waals surface area contributed by atoms with Gasteiger partial charge in [0.2, 0.25) is 5.91 Å². The van der Waals surface area contributed by atoms with Crippen molar-refractivity contribution < 1.29 is 4.79 Å². The molecule has 4 heteroatoms. The third kappa shape index (κ3) is 4.55. The molecule has 2 aliphatic rings. The van der Waals surface area contributed by atoms with Crippen LogP contribution in [0.1, 0.15) is 43.7 Å². The van der Waals surface area contributed by atoms with E-state index in [0.717, 1.165) is 25.9 Å². The number of carbonyl (C=O) groups is 1. The molecule has 2 aliphatic heterocycles. The second-order valence-electron chi connectivity index (χ2n) is 7.05. The van der Waals surface area contributed by atoms with Gasteiger partial charge in [0.25, 0.3) is 0 Å². The van der Waals surface area contributed by atoms with Crippen LogP contribution in [-0.4, -0.2) is 36.5 Å². The number of benzene rings is 1. The summed E-state index contributed by atoms with van der Waals surface area (Å²) in [5.41, 5.74) is 2.61. The number of hydrogen-bond donors (Lipinski definition) is 2. The summed E-state index contributed by atoms with van der Waals surface area (Å²) in [6.45, 7) is 7.18. The summed E-state index contributed by atoms with van der Waals surface area (Å²) < 4.78 is 0. The number of nitrogens with one attached hydrogen (secondary N) is 2. The van der Waals surface area contributed by atoms with Gasteiger partial charge in [-0.25, -0.2) is 0 Å². The Morgan fingerprint density at radius 1 is 1.26 bits per heavy atom. The molecule has 4 nitrogen and oxygen atoms in total. The minimum Gasteiger partial charge on any atom is -0.352 e. The fourth-order valence-corrected chi connectivity index (χ4v) is 3.76. The van der Waals surface area contributed by atoms with E-state index >= 15 is 0 Å². The average molecular weight is 315 g/mol. The number of carbonyl (C=O) groups excluding carboxylic acids is 1. The first kappa shape index (κ1) is 16.5. The summed E-state index contributed by atoms with van der Waals surface area (Å²) in [7, 11) is 0. The Labute approximate surface area is 139 Å². The molecule has 1 aromatic carbocycles. The minimum absolute atomic E-state index is 0.164. The van der Waals surface area contributed by atoms with E-state index in [1.165, 1.54) is 37.1 Å². The normalized spacial score (nSPS) is 25.4. The third-order valence-corrected chi connectivity index (χ3v) is 5.16. The molecule has 0 saturated carbocycles. The Balaban J connectivity index is 1.56. The molecule has 1 aromatic rings. The molecule has 1 amide bonds. The number of likely N-dealkylation sites (tertiary alicyclic amines) is 1. The molecule has 2 heterocycles.